The Bertz CT molecular complexity index is 931. The zero-order valence-electron chi connectivity index (χ0n) is 14.7. The van der Waals surface area contributed by atoms with Crippen LogP contribution < -0.4 is 5.32 Å². The van der Waals surface area contributed by atoms with Crippen LogP contribution in [0.3, 0.4) is 0 Å². The summed E-state index contributed by atoms with van der Waals surface area (Å²) in [5.74, 6) is 0.775. The minimum atomic E-state index is -3.54. The summed E-state index contributed by atoms with van der Waals surface area (Å²) in [6.45, 7) is 4.56. The number of hydrogen-bond acceptors (Lipinski definition) is 4. The van der Waals surface area contributed by atoms with E-state index in [1.54, 1.807) is 32.0 Å². The smallest absolute Gasteiger partial charge is 0.260 e. The van der Waals surface area contributed by atoms with Crippen LogP contribution in [0.2, 0.25) is 0 Å². The maximum Gasteiger partial charge on any atom is 0.260 e. The standard InChI is InChI=1S/C18H21BrN2O4S/c1-12-16(17(19)13(2)25-12)18(22)20-14-7-6-8-15(11-14)26(23,24)21-9-4-3-5-10-21/h6-8,11H,3-5,9-10H2,1-2H3,(H,20,22). The molecule has 1 saturated heterocycles. The Morgan fingerprint density at radius 3 is 2.46 bits per heavy atom. The van der Waals surface area contributed by atoms with Crippen molar-refractivity contribution in [3.05, 3.63) is 45.8 Å². The maximum atomic E-state index is 12.8. The molecule has 8 heteroatoms. The molecule has 1 aromatic heterocycles. The lowest BCUT2D eigenvalue weighted by Gasteiger charge is -2.26. The molecule has 1 aromatic carbocycles. The number of sulfonamides is 1. The summed E-state index contributed by atoms with van der Waals surface area (Å²) in [6, 6.07) is 6.36. The van der Waals surface area contributed by atoms with E-state index in [4.69, 9.17) is 4.42 Å². The number of anilines is 1. The number of aryl methyl sites for hydroxylation is 2. The van der Waals surface area contributed by atoms with Gasteiger partial charge in [-0.2, -0.15) is 4.31 Å². The Morgan fingerprint density at radius 2 is 1.85 bits per heavy atom. The molecule has 0 unspecified atom stereocenters. The van der Waals surface area contributed by atoms with Crippen molar-refractivity contribution in [1.82, 2.24) is 4.31 Å². The van der Waals surface area contributed by atoms with E-state index in [9.17, 15) is 13.2 Å². The van der Waals surface area contributed by atoms with Crippen molar-refractivity contribution in [2.45, 2.75) is 38.0 Å². The first kappa shape index (κ1) is 19.1. The van der Waals surface area contributed by atoms with Gasteiger partial charge in [0.05, 0.1) is 14.9 Å². The molecule has 2 aromatic rings. The topological polar surface area (TPSA) is 79.6 Å². The first-order valence-electron chi connectivity index (χ1n) is 8.48. The number of rotatable bonds is 4. The predicted octanol–water partition coefficient (Wildman–Crippen LogP) is 4.09. The largest absolute Gasteiger partial charge is 0.465 e. The van der Waals surface area contributed by atoms with E-state index in [0.717, 1.165) is 19.3 Å². The zero-order chi connectivity index (χ0) is 18.9. The number of nitrogens with one attached hydrogen (secondary N) is 1. The van der Waals surface area contributed by atoms with Gasteiger partial charge in [-0.25, -0.2) is 8.42 Å². The molecule has 26 heavy (non-hydrogen) atoms. The van der Waals surface area contributed by atoms with Gasteiger partial charge in [-0.1, -0.05) is 12.5 Å². The van der Waals surface area contributed by atoms with Gasteiger partial charge in [0.1, 0.15) is 11.5 Å². The average molecular weight is 441 g/mol. The van der Waals surface area contributed by atoms with Crippen LogP contribution in [0.4, 0.5) is 5.69 Å². The van der Waals surface area contributed by atoms with Gasteiger partial charge >= 0.3 is 0 Å². The highest BCUT2D eigenvalue weighted by molar-refractivity contribution is 9.10. The molecule has 1 amide bonds. The van der Waals surface area contributed by atoms with Crippen LogP contribution in [0.1, 0.15) is 41.1 Å². The Labute approximate surface area is 161 Å². The minimum Gasteiger partial charge on any atom is -0.465 e. The molecule has 140 valence electrons. The SMILES string of the molecule is Cc1oc(C)c(C(=O)Nc2cccc(S(=O)(=O)N3CCCCC3)c2)c1Br. The number of benzene rings is 1. The molecule has 0 atom stereocenters. The highest BCUT2D eigenvalue weighted by Gasteiger charge is 2.26. The summed E-state index contributed by atoms with van der Waals surface area (Å²) in [7, 11) is -3.54. The summed E-state index contributed by atoms with van der Waals surface area (Å²) in [5.41, 5.74) is 0.838. The van der Waals surface area contributed by atoms with E-state index in [1.807, 2.05) is 0 Å². The van der Waals surface area contributed by atoms with Crippen LogP contribution in [0.15, 0.2) is 38.1 Å². The van der Waals surface area contributed by atoms with Gasteiger partial charge in [-0.05, 0) is 60.8 Å². The van der Waals surface area contributed by atoms with Crippen molar-refractivity contribution in [3.63, 3.8) is 0 Å². The average Bonchev–Trinajstić information content (AvgIpc) is 2.88. The van der Waals surface area contributed by atoms with Crippen molar-refractivity contribution in [2.75, 3.05) is 18.4 Å². The number of furan rings is 1. The number of nitrogens with zero attached hydrogens (tertiary/aromatic N) is 1. The van der Waals surface area contributed by atoms with E-state index in [0.29, 0.717) is 40.3 Å². The molecule has 6 nitrogen and oxygen atoms in total. The van der Waals surface area contributed by atoms with Gasteiger partial charge in [0, 0.05) is 18.8 Å². The second kappa shape index (κ2) is 7.54. The maximum absolute atomic E-state index is 12.8. The molecule has 3 rings (SSSR count). The van der Waals surface area contributed by atoms with Crippen LogP contribution in [0, 0.1) is 13.8 Å². The monoisotopic (exact) mass is 440 g/mol. The summed E-state index contributed by atoms with van der Waals surface area (Å²) in [5, 5.41) is 2.76. The Kier molecular flexibility index (Phi) is 5.55. The van der Waals surface area contributed by atoms with Crippen molar-refractivity contribution in [1.29, 1.82) is 0 Å². The molecule has 0 aliphatic carbocycles. The number of piperidine rings is 1. The third-order valence-corrected chi connectivity index (χ3v) is 7.31. The molecular weight excluding hydrogens is 420 g/mol. The van der Waals surface area contributed by atoms with Gasteiger partial charge in [-0.15, -0.1) is 0 Å². The lowest BCUT2D eigenvalue weighted by atomic mass is 10.2. The van der Waals surface area contributed by atoms with E-state index in [2.05, 4.69) is 21.2 Å². The van der Waals surface area contributed by atoms with Gasteiger partial charge < -0.3 is 9.73 Å². The molecular formula is C18H21BrN2O4S. The fourth-order valence-corrected chi connectivity index (χ4v) is 5.20. The molecule has 1 fully saturated rings. The molecule has 0 radical (unpaired) electrons. The van der Waals surface area contributed by atoms with Crippen LogP contribution in [-0.4, -0.2) is 31.7 Å². The minimum absolute atomic E-state index is 0.191. The van der Waals surface area contributed by atoms with Crippen molar-refractivity contribution in [3.8, 4) is 0 Å². The molecule has 0 saturated carbocycles. The lowest BCUT2D eigenvalue weighted by molar-refractivity contribution is 0.102. The van der Waals surface area contributed by atoms with Gasteiger partial charge in [-0.3, -0.25) is 4.79 Å². The number of carbonyl (C=O) groups is 1. The van der Waals surface area contributed by atoms with E-state index in [-0.39, 0.29) is 10.8 Å². The quantitative estimate of drug-likeness (QED) is 0.776. The fourth-order valence-electron chi connectivity index (χ4n) is 3.10. The Balaban J connectivity index is 1.84. The Morgan fingerprint density at radius 1 is 1.15 bits per heavy atom. The second-order valence-electron chi connectivity index (χ2n) is 6.35. The van der Waals surface area contributed by atoms with E-state index in [1.165, 1.54) is 10.4 Å². The zero-order valence-corrected chi connectivity index (χ0v) is 17.1. The number of hydrogen-bond donors (Lipinski definition) is 1. The summed E-state index contributed by atoms with van der Waals surface area (Å²) < 4.78 is 33.2. The normalized spacial score (nSPS) is 15.8. The van der Waals surface area contributed by atoms with E-state index < -0.39 is 10.0 Å². The van der Waals surface area contributed by atoms with Crippen LogP contribution in [-0.2, 0) is 10.0 Å². The lowest BCUT2D eigenvalue weighted by Crippen LogP contribution is -2.35. The molecule has 0 bridgehead atoms. The second-order valence-corrected chi connectivity index (χ2v) is 9.08. The predicted molar refractivity (Wildman–Crippen MR) is 103 cm³/mol. The third kappa shape index (κ3) is 3.72. The molecule has 1 aliphatic rings. The van der Waals surface area contributed by atoms with Crippen molar-refractivity contribution >= 4 is 37.5 Å². The van der Waals surface area contributed by atoms with Crippen LogP contribution >= 0.6 is 15.9 Å². The van der Waals surface area contributed by atoms with E-state index >= 15 is 0 Å². The molecule has 2 heterocycles. The highest BCUT2D eigenvalue weighted by atomic mass is 79.9. The summed E-state index contributed by atoms with van der Waals surface area (Å²) in [4.78, 5) is 12.8. The van der Waals surface area contributed by atoms with Crippen LogP contribution in [0.25, 0.3) is 0 Å². The van der Waals surface area contributed by atoms with Gasteiger partial charge in [0.2, 0.25) is 10.0 Å². The first-order chi connectivity index (χ1) is 12.3. The number of carbonyl (C=O) groups excluding carboxylic acids is 1. The van der Waals surface area contributed by atoms with Crippen molar-refractivity contribution in [2.24, 2.45) is 0 Å². The third-order valence-electron chi connectivity index (χ3n) is 4.46. The van der Waals surface area contributed by atoms with Crippen molar-refractivity contribution < 1.29 is 17.6 Å². The molecule has 0 spiro atoms. The molecule has 1 N–H and O–H groups in total. The van der Waals surface area contributed by atoms with Crippen LogP contribution in [0.5, 0.6) is 0 Å². The fraction of sp³-hybridized carbons (Fsp3) is 0.389. The summed E-state index contributed by atoms with van der Waals surface area (Å²) >= 11 is 3.36. The number of halogens is 1. The highest BCUT2D eigenvalue weighted by Crippen LogP contribution is 2.29. The van der Waals surface area contributed by atoms with Gasteiger partial charge in [0.15, 0.2) is 0 Å². The van der Waals surface area contributed by atoms with Gasteiger partial charge in [0.25, 0.3) is 5.91 Å². The Hall–Kier alpha value is -1.64. The summed E-state index contributed by atoms with van der Waals surface area (Å²) in [6.07, 6.45) is 2.81. The first-order valence-corrected chi connectivity index (χ1v) is 10.7. The number of amides is 1. The molecule has 1 aliphatic heterocycles.